The monoisotopic (exact) mass is 340 g/mol. The number of carbonyl (C=O) groups is 1. The predicted molar refractivity (Wildman–Crippen MR) is 87.0 cm³/mol. The molecule has 1 saturated heterocycles. The highest BCUT2D eigenvalue weighted by Crippen LogP contribution is 2.38. The van der Waals surface area contributed by atoms with Gasteiger partial charge in [0.1, 0.15) is 5.82 Å². The largest absolute Gasteiger partial charge is 0.391 e. The lowest BCUT2D eigenvalue weighted by atomic mass is 9.77. The molecule has 1 aromatic rings. The van der Waals surface area contributed by atoms with Crippen LogP contribution in [0.15, 0.2) is 18.2 Å². The highest BCUT2D eigenvalue weighted by atomic mass is 35.5. The average molecular weight is 341 g/mol. The Morgan fingerprint density at radius 1 is 1.30 bits per heavy atom. The predicted octanol–water partition coefficient (Wildman–Crippen LogP) is 2.25. The van der Waals surface area contributed by atoms with Crippen molar-refractivity contribution < 1.29 is 14.3 Å². The summed E-state index contributed by atoms with van der Waals surface area (Å²) in [5.41, 5.74) is 0.344. The summed E-state index contributed by atoms with van der Waals surface area (Å²) in [7, 11) is 3.95. The topological polar surface area (TPSA) is 43.8 Å². The first kappa shape index (κ1) is 16.7. The number of benzene rings is 1. The van der Waals surface area contributed by atoms with E-state index in [2.05, 4.69) is 4.90 Å². The fraction of sp³-hybridized carbons (Fsp3) is 0.588. The minimum atomic E-state index is -0.446. The van der Waals surface area contributed by atoms with Crippen LogP contribution in [0.4, 0.5) is 4.39 Å². The van der Waals surface area contributed by atoms with Crippen LogP contribution in [0.25, 0.3) is 0 Å². The number of aliphatic hydroxyl groups excluding tert-OH is 1. The number of likely N-dealkylation sites (N-methyl/N-ethyl adjacent to an activating group) is 1. The first-order valence-corrected chi connectivity index (χ1v) is 8.33. The van der Waals surface area contributed by atoms with E-state index in [-0.39, 0.29) is 23.1 Å². The third-order valence-electron chi connectivity index (χ3n) is 5.22. The SMILES string of the molecule is CN(C)[C@@H]1C[C@@H]2CN(C(=O)c3ccc(F)cc3Cl)C[C@@H]2C[C@H]1O. The van der Waals surface area contributed by atoms with Gasteiger partial charge in [0.25, 0.3) is 5.91 Å². The van der Waals surface area contributed by atoms with Crippen molar-refractivity contribution in [3.05, 3.63) is 34.6 Å². The Balaban J connectivity index is 1.73. The maximum Gasteiger partial charge on any atom is 0.255 e. The zero-order chi connectivity index (χ0) is 16.7. The first-order chi connectivity index (χ1) is 10.9. The molecule has 1 aliphatic heterocycles. The summed E-state index contributed by atoms with van der Waals surface area (Å²) < 4.78 is 13.1. The van der Waals surface area contributed by atoms with E-state index in [4.69, 9.17) is 11.6 Å². The average Bonchev–Trinajstić information content (AvgIpc) is 2.88. The van der Waals surface area contributed by atoms with Gasteiger partial charge in [-0.1, -0.05) is 11.6 Å². The van der Waals surface area contributed by atoms with Crippen molar-refractivity contribution in [2.45, 2.75) is 25.0 Å². The molecule has 0 bridgehead atoms. The summed E-state index contributed by atoms with van der Waals surface area (Å²) in [6, 6.07) is 4.01. The van der Waals surface area contributed by atoms with E-state index in [9.17, 15) is 14.3 Å². The van der Waals surface area contributed by atoms with Crippen LogP contribution in [-0.2, 0) is 0 Å². The number of halogens is 2. The van der Waals surface area contributed by atoms with E-state index < -0.39 is 5.82 Å². The molecule has 1 aromatic carbocycles. The molecule has 0 radical (unpaired) electrons. The standard InChI is InChI=1S/C17H22ClFN2O2/c1-20(2)15-5-10-8-21(9-11(10)6-16(15)22)17(23)13-4-3-12(19)7-14(13)18/h3-4,7,10-11,15-16,22H,5-6,8-9H2,1-2H3/t10-,11+,15-,16-/m1/s1. The molecule has 4 nitrogen and oxygen atoms in total. The van der Waals surface area contributed by atoms with Crippen molar-refractivity contribution in [1.82, 2.24) is 9.80 Å². The van der Waals surface area contributed by atoms with Crippen LogP contribution in [0.2, 0.25) is 5.02 Å². The number of nitrogens with zero attached hydrogens (tertiary/aromatic N) is 2. The summed E-state index contributed by atoms with van der Waals surface area (Å²) >= 11 is 6.01. The summed E-state index contributed by atoms with van der Waals surface area (Å²) in [5, 5.41) is 10.4. The van der Waals surface area contributed by atoms with Gasteiger partial charge in [0.05, 0.1) is 16.7 Å². The van der Waals surface area contributed by atoms with Gasteiger partial charge < -0.3 is 14.9 Å². The lowest BCUT2D eigenvalue weighted by Gasteiger charge is -2.38. The molecule has 6 heteroatoms. The molecule has 1 aliphatic carbocycles. The molecule has 23 heavy (non-hydrogen) atoms. The van der Waals surface area contributed by atoms with Crippen molar-refractivity contribution in [2.24, 2.45) is 11.8 Å². The van der Waals surface area contributed by atoms with Gasteiger partial charge in [-0.2, -0.15) is 0 Å². The molecule has 0 spiro atoms. The van der Waals surface area contributed by atoms with Gasteiger partial charge in [0, 0.05) is 19.1 Å². The van der Waals surface area contributed by atoms with E-state index in [1.54, 1.807) is 4.90 Å². The van der Waals surface area contributed by atoms with Crippen LogP contribution in [0.1, 0.15) is 23.2 Å². The van der Waals surface area contributed by atoms with E-state index >= 15 is 0 Å². The number of hydrogen-bond donors (Lipinski definition) is 1. The van der Waals surface area contributed by atoms with Crippen LogP contribution in [0.3, 0.4) is 0 Å². The second-order valence-corrected chi connectivity index (χ2v) is 7.33. The highest BCUT2D eigenvalue weighted by Gasteiger charge is 2.43. The third-order valence-corrected chi connectivity index (χ3v) is 5.53. The van der Waals surface area contributed by atoms with Gasteiger partial charge in [-0.05, 0) is 57.0 Å². The van der Waals surface area contributed by atoms with E-state index in [1.807, 2.05) is 14.1 Å². The number of likely N-dealkylation sites (tertiary alicyclic amines) is 1. The van der Waals surface area contributed by atoms with Crippen molar-refractivity contribution in [2.75, 3.05) is 27.2 Å². The van der Waals surface area contributed by atoms with Crippen molar-refractivity contribution >= 4 is 17.5 Å². The fourth-order valence-electron chi connectivity index (χ4n) is 3.96. The normalized spacial score (nSPS) is 30.6. The lowest BCUT2D eigenvalue weighted by molar-refractivity contribution is 0.00940. The molecule has 2 aliphatic rings. The third kappa shape index (κ3) is 3.23. The van der Waals surface area contributed by atoms with Crippen molar-refractivity contribution in [3.63, 3.8) is 0 Å². The van der Waals surface area contributed by atoms with Gasteiger partial charge in [0.15, 0.2) is 0 Å². The molecular formula is C17H22ClFN2O2. The number of fused-ring (bicyclic) bond motifs is 1. The molecule has 1 heterocycles. The Bertz CT molecular complexity index is 610. The van der Waals surface area contributed by atoms with E-state index in [0.29, 0.717) is 36.9 Å². The van der Waals surface area contributed by atoms with Crippen LogP contribution in [0.5, 0.6) is 0 Å². The lowest BCUT2D eigenvalue weighted by Crippen LogP contribution is -2.46. The second-order valence-electron chi connectivity index (χ2n) is 6.92. The first-order valence-electron chi connectivity index (χ1n) is 7.95. The van der Waals surface area contributed by atoms with Crippen molar-refractivity contribution in [1.29, 1.82) is 0 Å². The van der Waals surface area contributed by atoms with E-state index in [1.165, 1.54) is 18.2 Å². The number of amides is 1. The Hall–Kier alpha value is -1.17. The molecular weight excluding hydrogens is 319 g/mol. The minimum absolute atomic E-state index is 0.140. The number of aliphatic hydroxyl groups is 1. The molecule has 1 N–H and O–H groups in total. The Morgan fingerprint density at radius 2 is 1.96 bits per heavy atom. The minimum Gasteiger partial charge on any atom is -0.391 e. The van der Waals surface area contributed by atoms with Crippen LogP contribution in [0, 0.1) is 17.7 Å². The molecule has 0 unspecified atom stereocenters. The fourth-order valence-corrected chi connectivity index (χ4v) is 4.21. The summed E-state index contributed by atoms with van der Waals surface area (Å²) in [6.07, 6.45) is 1.25. The molecule has 1 saturated carbocycles. The maximum absolute atomic E-state index is 13.1. The van der Waals surface area contributed by atoms with Crippen LogP contribution < -0.4 is 0 Å². The van der Waals surface area contributed by atoms with Gasteiger partial charge in [-0.25, -0.2) is 4.39 Å². The maximum atomic E-state index is 13.1. The Morgan fingerprint density at radius 3 is 2.57 bits per heavy atom. The summed E-state index contributed by atoms with van der Waals surface area (Å²) in [6.45, 7) is 1.31. The van der Waals surface area contributed by atoms with Crippen LogP contribution in [-0.4, -0.2) is 60.1 Å². The van der Waals surface area contributed by atoms with Gasteiger partial charge in [0.2, 0.25) is 0 Å². The molecule has 2 fully saturated rings. The van der Waals surface area contributed by atoms with Crippen molar-refractivity contribution in [3.8, 4) is 0 Å². The second kappa shape index (κ2) is 6.38. The smallest absolute Gasteiger partial charge is 0.255 e. The summed E-state index contributed by atoms with van der Waals surface area (Å²) in [4.78, 5) is 16.5. The van der Waals surface area contributed by atoms with Crippen LogP contribution >= 0.6 is 11.6 Å². The van der Waals surface area contributed by atoms with Gasteiger partial charge in [-0.15, -0.1) is 0 Å². The molecule has 0 aromatic heterocycles. The molecule has 1 amide bonds. The quantitative estimate of drug-likeness (QED) is 0.898. The molecule has 4 atom stereocenters. The summed E-state index contributed by atoms with van der Waals surface area (Å²) in [5.74, 6) is 0.122. The van der Waals surface area contributed by atoms with Gasteiger partial charge >= 0.3 is 0 Å². The Kier molecular flexibility index (Phi) is 4.63. The molecule has 126 valence electrons. The highest BCUT2D eigenvalue weighted by molar-refractivity contribution is 6.33. The number of rotatable bonds is 2. The van der Waals surface area contributed by atoms with E-state index in [0.717, 1.165) is 6.42 Å². The number of carbonyl (C=O) groups excluding carboxylic acids is 1. The van der Waals surface area contributed by atoms with Gasteiger partial charge in [-0.3, -0.25) is 4.79 Å². The zero-order valence-corrected chi connectivity index (χ0v) is 14.1. The molecule has 3 rings (SSSR count). The number of hydrogen-bond acceptors (Lipinski definition) is 3. The zero-order valence-electron chi connectivity index (χ0n) is 13.4. The Labute approximate surface area is 140 Å².